The lowest BCUT2D eigenvalue weighted by atomic mass is 9.79. The van der Waals surface area contributed by atoms with Gasteiger partial charge in [-0.05, 0) is 61.1 Å². The van der Waals surface area contributed by atoms with Crippen molar-refractivity contribution in [2.75, 3.05) is 0 Å². The molecule has 0 radical (unpaired) electrons. The molecule has 19 heavy (non-hydrogen) atoms. The number of carbonyl (C=O) groups is 1. The molecule has 2 aliphatic carbocycles. The second-order valence-corrected chi connectivity index (χ2v) is 6.19. The van der Waals surface area contributed by atoms with Crippen LogP contribution < -0.4 is 0 Å². The predicted molar refractivity (Wildman–Crippen MR) is 78.5 cm³/mol. The zero-order chi connectivity index (χ0) is 13.2. The molecule has 1 fully saturated rings. The molecular weight excluding hydrogens is 232 g/mol. The number of carbonyl (C=O) groups excluding carboxylic acids is 1. The molecule has 0 aromatic heterocycles. The molecule has 1 heteroatoms. The number of hydrogen-bond donors (Lipinski definition) is 0. The Hall–Kier alpha value is -1.37. The van der Waals surface area contributed by atoms with E-state index in [1.807, 2.05) is 12.1 Å². The van der Waals surface area contributed by atoms with Crippen molar-refractivity contribution in [1.29, 1.82) is 0 Å². The molecule has 0 amide bonds. The zero-order valence-corrected chi connectivity index (χ0v) is 11.7. The molecule has 0 heterocycles. The monoisotopic (exact) mass is 254 g/mol. The van der Waals surface area contributed by atoms with Crippen LogP contribution in [-0.4, -0.2) is 5.78 Å². The molecule has 1 atom stereocenters. The summed E-state index contributed by atoms with van der Waals surface area (Å²) >= 11 is 0. The van der Waals surface area contributed by atoms with Gasteiger partial charge < -0.3 is 0 Å². The average Bonchev–Trinajstić information content (AvgIpc) is 2.37. The molecule has 2 aliphatic rings. The van der Waals surface area contributed by atoms with Gasteiger partial charge in [0.2, 0.25) is 0 Å². The summed E-state index contributed by atoms with van der Waals surface area (Å²) in [6, 6.07) is 8.33. The third-order valence-electron chi connectivity index (χ3n) is 4.69. The van der Waals surface area contributed by atoms with E-state index in [-0.39, 0.29) is 5.78 Å². The van der Waals surface area contributed by atoms with Crippen LogP contribution in [-0.2, 0) is 0 Å². The number of Topliss-reactive ketones (excluding diaryl/α,β-unsaturated/α-hetero) is 1. The summed E-state index contributed by atoms with van der Waals surface area (Å²) in [7, 11) is 0. The lowest BCUT2D eigenvalue weighted by Crippen LogP contribution is -2.12. The summed E-state index contributed by atoms with van der Waals surface area (Å²) < 4.78 is 0. The van der Waals surface area contributed by atoms with Gasteiger partial charge in [-0.2, -0.15) is 0 Å². The molecule has 3 rings (SSSR count). The number of benzene rings is 1. The second kappa shape index (κ2) is 5.32. The number of hydrogen-bond acceptors (Lipinski definition) is 1. The Balaban J connectivity index is 1.79. The molecule has 0 aliphatic heterocycles. The van der Waals surface area contributed by atoms with Crippen LogP contribution in [0.4, 0.5) is 0 Å². The maximum atomic E-state index is 12.5. The van der Waals surface area contributed by atoms with E-state index < -0.39 is 0 Å². The van der Waals surface area contributed by atoms with Crippen molar-refractivity contribution in [3.63, 3.8) is 0 Å². The molecule has 0 bridgehead atoms. The van der Waals surface area contributed by atoms with Crippen LogP contribution >= 0.6 is 0 Å². The van der Waals surface area contributed by atoms with E-state index in [1.165, 1.54) is 24.8 Å². The normalized spacial score (nSPS) is 23.6. The smallest absolute Gasteiger partial charge is 0.188 e. The standard InChI is InChI=1S/C18H22O/c1-13-8-10-15(11-9-13)18(19)17-7-3-6-16(12-17)14-4-2-5-14/h3,6-7,10,12-14H,2,4-5,8-9,11H2,1H3. The Bertz CT molecular complexity index is 508. The van der Waals surface area contributed by atoms with Gasteiger partial charge in [0.25, 0.3) is 0 Å². The first-order valence-electron chi connectivity index (χ1n) is 7.57. The van der Waals surface area contributed by atoms with Crippen molar-refractivity contribution >= 4 is 5.78 Å². The molecule has 0 spiro atoms. The van der Waals surface area contributed by atoms with Gasteiger partial charge in [0, 0.05) is 5.56 Å². The van der Waals surface area contributed by atoms with E-state index in [9.17, 15) is 4.79 Å². The molecule has 1 saturated carbocycles. The lowest BCUT2D eigenvalue weighted by molar-refractivity contribution is 0.102. The van der Waals surface area contributed by atoms with Crippen molar-refractivity contribution in [3.05, 3.63) is 47.0 Å². The largest absolute Gasteiger partial charge is 0.289 e. The fourth-order valence-corrected chi connectivity index (χ4v) is 3.03. The van der Waals surface area contributed by atoms with E-state index in [2.05, 4.69) is 25.1 Å². The Morgan fingerprint density at radius 3 is 2.68 bits per heavy atom. The molecule has 0 N–H and O–H groups in total. The van der Waals surface area contributed by atoms with Crippen LogP contribution in [0.5, 0.6) is 0 Å². The summed E-state index contributed by atoms with van der Waals surface area (Å²) in [5.41, 5.74) is 3.29. The highest BCUT2D eigenvalue weighted by atomic mass is 16.1. The van der Waals surface area contributed by atoms with Crippen molar-refractivity contribution in [2.24, 2.45) is 5.92 Å². The highest BCUT2D eigenvalue weighted by Crippen LogP contribution is 2.36. The molecule has 100 valence electrons. The van der Waals surface area contributed by atoms with Gasteiger partial charge in [0.15, 0.2) is 5.78 Å². The van der Waals surface area contributed by atoms with E-state index in [0.717, 1.165) is 36.3 Å². The number of allylic oxidation sites excluding steroid dienone is 2. The highest BCUT2D eigenvalue weighted by Gasteiger charge is 2.22. The minimum absolute atomic E-state index is 0.257. The molecule has 1 unspecified atom stereocenters. The minimum atomic E-state index is 0.257. The fourth-order valence-electron chi connectivity index (χ4n) is 3.03. The van der Waals surface area contributed by atoms with Crippen LogP contribution in [0.15, 0.2) is 35.9 Å². The van der Waals surface area contributed by atoms with Crippen LogP contribution in [0.1, 0.15) is 67.3 Å². The molecule has 0 saturated heterocycles. The van der Waals surface area contributed by atoms with E-state index in [0.29, 0.717) is 5.92 Å². The summed E-state index contributed by atoms with van der Waals surface area (Å²) in [5.74, 6) is 1.69. The maximum Gasteiger partial charge on any atom is 0.188 e. The van der Waals surface area contributed by atoms with Crippen molar-refractivity contribution in [2.45, 2.75) is 51.4 Å². The third kappa shape index (κ3) is 2.65. The lowest BCUT2D eigenvalue weighted by Gasteiger charge is -2.26. The van der Waals surface area contributed by atoms with Gasteiger partial charge >= 0.3 is 0 Å². The summed E-state index contributed by atoms with van der Waals surface area (Å²) in [6.45, 7) is 2.26. The first-order chi connectivity index (χ1) is 9.24. The molecule has 1 nitrogen and oxygen atoms in total. The SMILES string of the molecule is CC1CC=C(C(=O)c2cccc(C3CCC3)c2)CC1. The minimum Gasteiger partial charge on any atom is -0.289 e. The van der Waals surface area contributed by atoms with Crippen molar-refractivity contribution in [1.82, 2.24) is 0 Å². The number of ketones is 1. The first-order valence-corrected chi connectivity index (χ1v) is 7.57. The molecule has 1 aromatic carbocycles. The van der Waals surface area contributed by atoms with E-state index in [4.69, 9.17) is 0 Å². The second-order valence-electron chi connectivity index (χ2n) is 6.19. The quantitative estimate of drug-likeness (QED) is 0.702. The maximum absolute atomic E-state index is 12.5. The average molecular weight is 254 g/mol. The van der Waals surface area contributed by atoms with E-state index in [1.54, 1.807) is 0 Å². The molecular formula is C18H22O. The van der Waals surface area contributed by atoms with Crippen LogP contribution in [0, 0.1) is 5.92 Å². The van der Waals surface area contributed by atoms with Gasteiger partial charge in [-0.1, -0.05) is 37.6 Å². The van der Waals surface area contributed by atoms with Crippen LogP contribution in [0.25, 0.3) is 0 Å². The fraction of sp³-hybridized carbons (Fsp3) is 0.500. The summed E-state index contributed by atoms with van der Waals surface area (Å²) in [4.78, 5) is 12.5. The Labute approximate surface area is 115 Å². The highest BCUT2D eigenvalue weighted by molar-refractivity contribution is 6.08. The van der Waals surface area contributed by atoms with E-state index >= 15 is 0 Å². The summed E-state index contributed by atoms with van der Waals surface area (Å²) in [6.07, 6.45) is 9.24. The van der Waals surface area contributed by atoms with Gasteiger partial charge in [0.05, 0.1) is 0 Å². The topological polar surface area (TPSA) is 17.1 Å². The third-order valence-corrected chi connectivity index (χ3v) is 4.69. The Morgan fingerprint density at radius 2 is 2.05 bits per heavy atom. The number of rotatable bonds is 3. The Morgan fingerprint density at radius 1 is 1.21 bits per heavy atom. The predicted octanol–water partition coefficient (Wildman–Crippen LogP) is 4.88. The molecule has 1 aromatic rings. The van der Waals surface area contributed by atoms with Gasteiger partial charge in [-0.3, -0.25) is 4.79 Å². The van der Waals surface area contributed by atoms with Crippen LogP contribution in [0.2, 0.25) is 0 Å². The van der Waals surface area contributed by atoms with Gasteiger partial charge in [-0.15, -0.1) is 0 Å². The Kier molecular flexibility index (Phi) is 3.54. The van der Waals surface area contributed by atoms with Crippen LogP contribution in [0.3, 0.4) is 0 Å². The first kappa shape index (κ1) is 12.7. The van der Waals surface area contributed by atoms with Gasteiger partial charge in [-0.25, -0.2) is 0 Å². The van der Waals surface area contributed by atoms with Crippen molar-refractivity contribution in [3.8, 4) is 0 Å². The summed E-state index contributed by atoms with van der Waals surface area (Å²) in [5, 5.41) is 0. The van der Waals surface area contributed by atoms with Crippen molar-refractivity contribution < 1.29 is 4.79 Å². The van der Waals surface area contributed by atoms with Gasteiger partial charge in [0.1, 0.15) is 0 Å². The zero-order valence-electron chi connectivity index (χ0n) is 11.7.